The van der Waals surface area contributed by atoms with Gasteiger partial charge in [0.2, 0.25) is 0 Å². The second-order valence-electron chi connectivity index (χ2n) is 7.36. The molecule has 0 radical (unpaired) electrons. The minimum atomic E-state index is -1.26. The average molecular weight is 395 g/mol. The Morgan fingerprint density at radius 3 is 2.45 bits per heavy atom. The molecule has 0 spiro atoms. The molecular formula is C23H25NO5. The fourth-order valence-corrected chi connectivity index (χ4v) is 2.66. The topological polar surface area (TPSA) is 88.8 Å². The molecule has 6 nitrogen and oxygen atoms in total. The van der Waals surface area contributed by atoms with Crippen molar-refractivity contribution in [3.05, 3.63) is 59.2 Å². The van der Waals surface area contributed by atoms with Crippen molar-refractivity contribution in [2.24, 2.45) is 0 Å². The van der Waals surface area contributed by atoms with Crippen LogP contribution in [0.25, 0.3) is 6.08 Å². The third-order valence-electron chi connectivity index (χ3n) is 4.12. The molecule has 0 aliphatic heterocycles. The molecule has 152 valence electrons. The predicted molar refractivity (Wildman–Crippen MR) is 110 cm³/mol. The molecule has 0 aliphatic rings. The summed E-state index contributed by atoms with van der Waals surface area (Å²) in [6.45, 7) is 6.98. The lowest BCUT2D eigenvalue weighted by molar-refractivity contribution is -0.132. The van der Waals surface area contributed by atoms with Crippen LogP contribution in [0.5, 0.6) is 17.2 Å². The number of carboxylic acids is 1. The molecule has 0 heterocycles. The summed E-state index contributed by atoms with van der Waals surface area (Å²) in [6, 6.07) is 14.3. The highest BCUT2D eigenvalue weighted by Gasteiger charge is 2.20. The number of benzene rings is 2. The first-order valence-corrected chi connectivity index (χ1v) is 9.14. The van der Waals surface area contributed by atoms with E-state index in [4.69, 9.17) is 24.6 Å². The van der Waals surface area contributed by atoms with E-state index in [1.807, 2.05) is 18.2 Å². The largest absolute Gasteiger partial charge is 0.497 e. The number of carbonyl (C=O) groups is 1. The maximum atomic E-state index is 11.0. The summed E-state index contributed by atoms with van der Waals surface area (Å²) in [7, 11) is 1.63. The van der Waals surface area contributed by atoms with Gasteiger partial charge in [0.15, 0.2) is 0 Å². The Morgan fingerprint density at radius 1 is 1.10 bits per heavy atom. The van der Waals surface area contributed by atoms with Crippen molar-refractivity contribution in [3.63, 3.8) is 0 Å². The van der Waals surface area contributed by atoms with E-state index < -0.39 is 5.97 Å². The Kier molecular flexibility index (Phi) is 7.27. The third-order valence-corrected chi connectivity index (χ3v) is 4.12. The zero-order valence-corrected chi connectivity index (χ0v) is 17.1. The van der Waals surface area contributed by atoms with Crippen LogP contribution in [0.1, 0.15) is 31.9 Å². The summed E-state index contributed by atoms with van der Waals surface area (Å²) >= 11 is 0. The molecular weight excluding hydrogens is 370 g/mol. The molecule has 6 heteroatoms. The predicted octanol–water partition coefficient (Wildman–Crippen LogP) is 4.44. The van der Waals surface area contributed by atoms with Crippen molar-refractivity contribution in [3.8, 4) is 23.3 Å². The smallest absolute Gasteiger partial charge is 0.346 e. The van der Waals surface area contributed by atoms with Crippen molar-refractivity contribution in [2.45, 2.75) is 26.2 Å². The van der Waals surface area contributed by atoms with Crippen LogP contribution in [0.15, 0.2) is 48.0 Å². The van der Waals surface area contributed by atoms with Gasteiger partial charge in [0.05, 0.1) is 7.11 Å². The lowest BCUT2D eigenvalue weighted by Gasteiger charge is -2.23. The normalized spacial score (nSPS) is 11.5. The Bertz CT molecular complexity index is 935. The number of hydrogen-bond donors (Lipinski definition) is 1. The third kappa shape index (κ3) is 6.28. The lowest BCUT2D eigenvalue weighted by Crippen LogP contribution is -2.16. The van der Waals surface area contributed by atoms with Gasteiger partial charge in [0.25, 0.3) is 0 Å². The van der Waals surface area contributed by atoms with Gasteiger partial charge in [-0.15, -0.1) is 0 Å². The number of rotatable bonds is 8. The Labute approximate surface area is 171 Å². The summed E-state index contributed by atoms with van der Waals surface area (Å²) in [5.74, 6) is 0.859. The van der Waals surface area contributed by atoms with Crippen LogP contribution < -0.4 is 14.2 Å². The van der Waals surface area contributed by atoms with Gasteiger partial charge < -0.3 is 19.3 Å². The highest BCUT2D eigenvalue weighted by molar-refractivity contribution is 5.96. The van der Waals surface area contributed by atoms with E-state index in [0.717, 1.165) is 17.1 Å². The number of hydrogen-bond acceptors (Lipinski definition) is 5. The first-order valence-electron chi connectivity index (χ1n) is 9.14. The monoisotopic (exact) mass is 395 g/mol. The zero-order valence-electron chi connectivity index (χ0n) is 17.1. The van der Waals surface area contributed by atoms with Crippen molar-refractivity contribution in [2.75, 3.05) is 20.3 Å². The second kappa shape index (κ2) is 9.65. The SMILES string of the molecule is COc1ccc(OCCOc2cccc(C=C(C#N)C(=O)O)c2)c(C(C)(C)C)c1. The number of nitrogens with zero attached hydrogens (tertiary/aromatic N) is 1. The number of nitriles is 1. The zero-order chi connectivity index (χ0) is 21.4. The first-order chi connectivity index (χ1) is 13.7. The molecule has 0 saturated heterocycles. The van der Waals surface area contributed by atoms with Crippen LogP contribution >= 0.6 is 0 Å². The van der Waals surface area contributed by atoms with Gasteiger partial charge in [-0.1, -0.05) is 32.9 Å². The minimum absolute atomic E-state index is 0.103. The van der Waals surface area contributed by atoms with E-state index in [0.29, 0.717) is 24.5 Å². The lowest BCUT2D eigenvalue weighted by atomic mass is 9.86. The molecule has 0 amide bonds. The number of carboxylic acid groups (broad SMARTS) is 1. The maximum Gasteiger partial charge on any atom is 0.346 e. The van der Waals surface area contributed by atoms with E-state index >= 15 is 0 Å². The Morgan fingerprint density at radius 2 is 1.83 bits per heavy atom. The summed E-state index contributed by atoms with van der Waals surface area (Å²) in [5, 5.41) is 17.8. The van der Waals surface area contributed by atoms with Crippen molar-refractivity contribution < 1.29 is 24.1 Å². The molecule has 2 aromatic carbocycles. The standard InChI is InChI=1S/C23H25NO5/c1-23(2,3)20-14-18(27-4)8-9-21(20)29-11-10-28-19-7-5-6-16(13-19)12-17(15-24)22(25)26/h5-9,12-14H,10-11H2,1-4H3,(H,25,26). The van der Waals surface area contributed by atoms with E-state index in [2.05, 4.69) is 20.8 Å². The van der Waals surface area contributed by atoms with Crippen LogP contribution in [0.4, 0.5) is 0 Å². The molecule has 0 aromatic heterocycles. The highest BCUT2D eigenvalue weighted by atomic mass is 16.5. The van der Waals surface area contributed by atoms with Crippen molar-refractivity contribution >= 4 is 12.0 Å². The molecule has 0 atom stereocenters. The second-order valence-corrected chi connectivity index (χ2v) is 7.36. The Balaban J connectivity index is 2.01. The van der Waals surface area contributed by atoms with E-state index in [9.17, 15) is 4.79 Å². The minimum Gasteiger partial charge on any atom is -0.497 e. The van der Waals surface area contributed by atoms with Crippen LogP contribution in [0.3, 0.4) is 0 Å². The summed E-state index contributed by atoms with van der Waals surface area (Å²) in [5.41, 5.74) is 1.18. The molecule has 0 bridgehead atoms. The van der Waals surface area contributed by atoms with Gasteiger partial charge in [-0.2, -0.15) is 5.26 Å². The summed E-state index contributed by atoms with van der Waals surface area (Å²) < 4.78 is 16.9. The van der Waals surface area contributed by atoms with Crippen LogP contribution in [-0.4, -0.2) is 31.4 Å². The number of methoxy groups -OCH3 is 1. The van der Waals surface area contributed by atoms with Gasteiger partial charge >= 0.3 is 5.97 Å². The molecule has 1 N–H and O–H groups in total. The average Bonchev–Trinajstić information content (AvgIpc) is 2.68. The highest BCUT2D eigenvalue weighted by Crippen LogP contribution is 2.34. The van der Waals surface area contributed by atoms with Gasteiger partial charge in [0, 0.05) is 5.56 Å². The number of aliphatic carboxylic acids is 1. The van der Waals surface area contributed by atoms with E-state index in [1.165, 1.54) is 6.08 Å². The van der Waals surface area contributed by atoms with Gasteiger partial charge in [-0.25, -0.2) is 4.79 Å². The quantitative estimate of drug-likeness (QED) is 0.404. The van der Waals surface area contributed by atoms with Crippen LogP contribution in [0.2, 0.25) is 0 Å². The molecule has 29 heavy (non-hydrogen) atoms. The molecule has 0 saturated carbocycles. The summed E-state index contributed by atoms with van der Waals surface area (Å²) in [4.78, 5) is 11.0. The molecule has 0 fully saturated rings. The molecule has 0 unspecified atom stereocenters. The van der Waals surface area contributed by atoms with Crippen LogP contribution in [-0.2, 0) is 10.2 Å². The van der Waals surface area contributed by atoms with E-state index in [1.54, 1.807) is 37.4 Å². The van der Waals surface area contributed by atoms with Crippen LogP contribution in [0, 0.1) is 11.3 Å². The van der Waals surface area contributed by atoms with Gasteiger partial charge in [0.1, 0.15) is 42.1 Å². The van der Waals surface area contributed by atoms with E-state index in [-0.39, 0.29) is 11.0 Å². The molecule has 2 aromatic rings. The molecule has 2 rings (SSSR count). The maximum absolute atomic E-state index is 11.0. The van der Waals surface area contributed by atoms with Crippen molar-refractivity contribution in [1.82, 2.24) is 0 Å². The Hall–Kier alpha value is -3.46. The van der Waals surface area contributed by atoms with Gasteiger partial charge in [-0.3, -0.25) is 0 Å². The number of ether oxygens (including phenoxy) is 3. The van der Waals surface area contributed by atoms with Crippen molar-refractivity contribution in [1.29, 1.82) is 5.26 Å². The fourth-order valence-electron chi connectivity index (χ4n) is 2.66. The first kappa shape index (κ1) is 21.8. The fraction of sp³-hybridized carbons (Fsp3) is 0.304. The molecule has 0 aliphatic carbocycles. The van der Waals surface area contributed by atoms with Gasteiger partial charge in [-0.05, 0) is 47.4 Å². The summed E-state index contributed by atoms with van der Waals surface area (Å²) in [6.07, 6.45) is 1.30.